The van der Waals surface area contributed by atoms with Crippen LogP contribution in [0.25, 0.3) is 0 Å². The van der Waals surface area contributed by atoms with Crippen molar-refractivity contribution in [2.45, 2.75) is 6.92 Å². The molecule has 0 fully saturated rings. The molecule has 0 saturated carbocycles. The molecule has 5 nitrogen and oxygen atoms in total. The fourth-order valence-electron chi connectivity index (χ4n) is 1.86. The van der Waals surface area contributed by atoms with Crippen LogP contribution in [-0.4, -0.2) is 25.8 Å². The molecule has 0 atom stereocenters. The van der Waals surface area contributed by atoms with E-state index in [1.165, 1.54) is 0 Å². The molecular weight excluding hydrogens is 316 g/mol. The first-order valence-electron chi connectivity index (χ1n) is 7.34. The Hall–Kier alpha value is -2.40. The average molecular weight is 335 g/mol. The van der Waals surface area contributed by atoms with E-state index < -0.39 is 0 Å². The van der Waals surface area contributed by atoms with Crippen LogP contribution in [0.1, 0.15) is 6.92 Å². The third-order valence-corrected chi connectivity index (χ3v) is 3.24. The van der Waals surface area contributed by atoms with E-state index >= 15 is 0 Å². The van der Waals surface area contributed by atoms with Crippen LogP contribution in [0.15, 0.2) is 48.5 Å². The fraction of sp³-hybridized carbons (Fsp3) is 0.235. The number of carbonyl (C=O) groups excluding carboxylic acids is 1. The maximum absolute atomic E-state index is 11.7. The van der Waals surface area contributed by atoms with Gasteiger partial charge in [-0.1, -0.05) is 23.7 Å². The van der Waals surface area contributed by atoms with E-state index in [-0.39, 0.29) is 6.03 Å². The van der Waals surface area contributed by atoms with Crippen molar-refractivity contribution in [3.05, 3.63) is 53.6 Å². The van der Waals surface area contributed by atoms with Crippen molar-refractivity contribution in [1.29, 1.82) is 0 Å². The second-order valence-electron chi connectivity index (χ2n) is 4.61. The maximum atomic E-state index is 11.7. The van der Waals surface area contributed by atoms with Crippen LogP contribution >= 0.6 is 11.6 Å². The lowest BCUT2D eigenvalue weighted by Gasteiger charge is -2.10. The molecule has 2 aromatic carbocycles. The first kappa shape index (κ1) is 17.0. The van der Waals surface area contributed by atoms with E-state index in [0.29, 0.717) is 30.5 Å². The second-order valence-corrected chi connectivity index (χ2v) is 5.02. The molecule has 2 rings (SSSR count). The van der Waals surface area contributed by atoms with Gasteiger partial charge in [-0.2, -0.15) is 0 Å². The van der Waals surface area contributed by atoms with E-state index in [4.69, 9.17) is 21.1 Å². The van der Waals surface area contributed by atoms with Gasteiger partial charge in [0.05, 0.1) is 23.9 Å². The lowest BCUT2D eigenvalue weighted by Crippen LogP contribution is -2.32. The number of urea groups is 1. The summed E-state index contributed by atoms with van der Waals surface area (Å²) < 4.78 is 10.9. The molecule has 0 aromatic heterocycles. The highest BCUT2D eigenvalue weighted by Crippen LogP contribution is 2.20. The standard InChI is InChI=1S/C17H19ClN2O3/c1-2-22-13-7-9-14(10-8-13)23-12-11-19-17(21)20-16-6-4-3-5-15(16)18/h3-10H,2,11-12H2,1H3,(H2,19,20,21). The summed E-state index contributed by atoms with van der Waals surface area (Å²) in [6.45, 7) is 3.31. The third-order valence-electron chi connectivity index (χ3n) is 2.91. The van der Waals surface area contributed by atoms with Crippen molar-refractivity contribution < 1.29 is 14.3 Å². The highest BCUT2D eigenvalue weighted by Gasteiger charge is 2.04. The molecule has 0 aliphatic rings. The van der Waals surface area contributed by atoms with Gasteiger partial charge in [0.1, 0.15) is 18.1 Å². The molecule has 122 valence electrons. The molecule has 2 amide bonds. The molecule has 0 aliphatic heterocycles. The van der Waals surface area contributed by atoms with Gasteiger partial charge in [-0.05, 0) is 43.3 Å². The zero-order valence-electron chi connectivity index (χ0n) is 12.8. The van der Waals surface area contributed by atoms with E-state index in [9.17, 15) is 4.79 Å². The van der Waals surface area contributed by atoms with Crippen molar-refractivity contribution in [3.63, 3.8) is 0 Å². The smallest absolute Gasteiger partial charge is 0.319 e. The zero-order valence-corrected chi connectivity index (χ0v) is 13.6. The summed E-state index contributed by atoms with van der Waals surface area (Å²) in [5.41, 5.74) is 0.569. The second kappa shape index (κ2) is 8.90. The molecular formula is C17H19ClN2O3. The fourth-order valence-corrected chi connectivity index (χ4v) is 2.04. The number of anilines is 1. The molecule has 0 radical (unpaired) electrons. The largest absolute Gasteiger partial charge is 0.494 e. The van der Waals surface area contributed by atoms with Gasteiger partial charge >= 0.3 is 6.03 Å². The number of carbonyl (C=O) groups is 1. The summed E-state index contributed by atoms with van der Waals surface area (Å²) in [5.74, 6) is 1.53. The van der Waals surface area contributed by atoms with Gasteiger partial charge in [0.25, 0.3) is 0 Å². The topological polar surface area (TPSA) is 59.6 Å². The van der Waals surface area contributed by atoms with Crippen LogP contribution in [0.4, 0.5) is 10.5 Å². The minimum atomic E-state index is -0.326. The zero-order chi connectivity index (χ0) is 16.5. The van der Waals surface area contributed by atoms with Gasteiger partial charge in [-0.15, -0.1) is 0 Å². The number of amides is 2. The minimum Gasteiger partial charge on any atom is -0.494 e. The maximum Gasteiger partial charge on any atom is 0.319 e. The van der Waals surface area contributed by atoms with Gasteiger partial charge in [-0.25, -0.2) is 4.79 Å². The molecule has 2 aromatic rings. The number of halogens is 1. The SMILES string of the molecule is CCOc1ccc(OCCNC(=O)Nc2ccccc2Cl)cc1. The Labute approximate surface area is 140 Å². The number of para-hydroxylation sites is 1. The van der Waals surface area contributed by atoms with E-state index in [2.05, 4.69) is 10.6 Å². The quantitative estimate of drug-likeness (QED) is 0.754. The normalized spacial score (nSPS) is 10.0. The van der Waals surface area contributed by atoms with Crippen LogP contribution in [0, 0.1) is 0 Å². The molecule has 0 heterocycles. The summed E-state index contributed by atoms with van der Waals surface area (Å²) >= 11 is 5.97. The predicted octanol–water partition coefficient (Wildman–Crippen LogP) is 3.94. The Kier molecular flexibility index (Phi) is 6.56. The molecule has 23 heavy (non-hydrogen) atoms. The van der Waals surface area contributed by atoms with Gasteiger partial charge in [0.2, 0.25) is 0 Å². The monoisotopic (exact) mass is 334 g/mol. The number of hydrogen-bond acceptors (Lipinski definition) is 3. The van der Waals surface area contributed by atoms with Crippen molar-refractivity contribution in [1.82, 2.24) is 5.32 Å². The van der Waals surface area contributed by atoms with Crippen LogP contribution in [0.5, 0.6) is 11.5 Å². The third kappa shape index (κ3) is 5.71. The summed E-state index contributed by atoms with van der Waals surface area (Å²) in [6, 6.07) is 14.1. The van der Waals surface area contributed by atoms with Crippen LogP contribution in [-0.2, 0) is 0 Å². The molecule has 2 N–H and O–H groups in total. The van der Waals surface area contributed by atoms with Crippen molar-refractivity contribution in [2.75, 3.05) is 25.1 Å². The Morgan fingerprint density at radius 3 is 2.35 bits per heavy atom. The number of rotatable bonds is 7. The van der Waals surface area contributed by atoms with Gasteiger partial charge in [0.15, 0.2) is 0 Å². The van der Waals surface area contributed by atoms with Gasteiger partial charge in [-0.3, -0.25) is 0 Å². The van der Waals surface area contributed by atoms with Crippen molar-refractivity contribution in [3.8, 4) is 11.5 Å². The molecule has 6 heteroatoms. The Bertz CT molecular complexity index is 632. The summed E-state index contributed by atoms with van der Waals surface area (Å²) in [7, 11) is 0. The molecule has 0 bridgehead atoms. The van der Waals surface area contributed by atoms with Crippen molar-refractivity contribution in [2.24, 2.45) is 0 Å². The minimum absolute atomic E-state index is 0.326. The molecule has 0 saturated heterocycles. The molecule has 0 aliphatic carbocycles. The summed E-state index contributed by atoms with van der Waals surface area (Å²) in [6.07, 6.45) is 0. The first-order chi connectivity index (χ1) is 11.2. The highest BCUT2D eigenvalue weighted by molar-refractivity contribution is 6.33. The number of hydrogen-bond donors (Lipinski definition) is 2. The van der Waals surface area contributed by atoms with Crippen molar-refractivity contribution >= 4 is 23.3 Å². The molecule has 0 spiro atoms. The van der Waals surface area contributed by atoms with Crippen LogP contribution < -0.4 is 20.1 Å². The number of benzene rings is 2. The van der Waals surface area contributed by atoms with Gasteiger partial charge in [0, 0.05) is 0 Å². The Balaban J connectivity index is 1.68. The van der Waals surface area contributed by atoms with Gasteiger partial charge < -0.3 is 20.1 Å². The highest BCUT2D eigenvalue weighted by atomic mass is 35.5. The summed E-state index contributed by atoms with van der Waals surface area (Å²) in [4.78, 5) is 11.7. The predicted molar refractivity (Wildman–Crippen MR) is 91.6 cm³/mol. The first-order valence-corrected chi connectivity index (χ1v) is 7.72. The average Bonchev–Trinajstić information content (AvgIpc) is 2.55. The van der Waals surface area contributed by atoms with Crippen LogP contribution in [0.2, 0.25) is 5.02 Å². The Morgan fingerprint density at radius 1 is 1.04 bits per heavy atom. The summed E-state index contributed by atoms with van der Waals surface area (Å²) in [5, 5.41) is 5.87. The van der Waals surface area contributed by atoms with E-state index in [1.807, 2.05) is 31.2 Å². The Morgan fingerprint density at radius 2 is 1.70 bits per heavy atom. The van der Waals surface area contributed by atoms with Crippen LogP contribution in [0.3, 0.4) is 0 Å². The van der Waals surface area contributed by atoms with E-state index in [0.717, 1.165) is 11.5 Å². The number of ether oxygens (including phenoxy) is 2. The number of nitrogens with one attached hydrogen (secondary N) is 2. The molecule has 0 unspecified atom stereocenters. The lowest BCUT2D eigenvalue weighted by atomic mass is 10.3. The lowest BCUT2D eigenvalue weighted by molar-refractivity contribution is 0.247. The van der Waals surface area contributed by atoms with E-state index in [1.54, 1.807) is 24.3 Å².